The number of hydrogen-bond donors (Lipinski definition) is 2. The van der Waals surface area contributed by atoms with E-state index in [9.17, 15) is 4.79 Å². The minimum absolute atomic E-state index is 0.0476. The Kier molecular flexibility index (Phi) is 5.66. The van der Waals surface area contributed by atoms with Gasteiger partial charge < -0.3 is 15.5 Å². The number of nitrogens with zero attached hydrogens (tertiary/aromatic N) is 2. The van der Waals surface area contributed by atoms with Gasteiger partial charge in [0, 0.05) is 38.4 Å². The average molecular weight is 338 g/mol. The van der Waals surface area contributed by atoms with Gasteiger partial charge in [0.05, 0.1) is 0 Å². The van der Waals surface area contributed by atoms with Crippen molar-refractivity contribution in [2.75, 3.05) is 38.5 Å². The summed E-state index contributed by atoms with van der Waals surface area (Å²) < 4.78 is 0. The highest BCUT2D eigenvalue weighted by Crippen LogP contribution is 2.28. The number of pyridine rings is 1. The Hall–Kier alpha value is -2.40. The summed E-state index contributed by atoms with van der Waals surface area (Å²) in [6, 6.07) is 12.2. The summed E-state index contributed by atoms with van der Waals surface area (Å²) in [5, 5.41) is 5.96. The van der Waals surface area contributed by atoms with Crippen molar-refractivity contribution in [2.45, 2.75) is 19.3 Å². The van der Waals surface area contributed by atoms with Crippen LogP contribution in [0.5, 0.6) is 0 Å². The van der Waals surface area contributed by atoms with Gasteiger partial charge in [-0.1, -0.05) is 24.3 Å². The molecule has 1 aromatic carbocycles. The SMILES string of the molecule is CNc1cc(C(=O)NCCN2CCC(c3ccccc3C)C2)ccn1. The molecule has 2 heterocycles. The summed E-state index contributed by atoms with van der Waals surface area (Å²) in [6.07, 6.45) is 2.84. The molecule has 2 aromatic rings. The Morgan fingerprint density at radius 2 is 2.16 bits per heavy atom. The number of carbonyl (C=O) groups is 1. The van der Waals surface area contributed by atoms with Crippen LogP contribution in [-0.2, 0) is 0 Å². The zero-order chi connectivity index (χ0) is 17.6. The molecule has 0 spiro atoms. The predicted octanol–water partition coefficient (Wildman–Crippen LogP) is 2.65. The third-order valence-corrected chi connectivity index (χ3v) is 4.89. The standard InChI is InChI=1S/C20H26N4O/c1-15-5-3-4-6-18(15)17-8-11-24(14-17)12-10-23-20(25)16-7-9-22-19(13-16)21-2/h3-7,9,13,17H,8,10-12,14H2,1-2H3,(H,21,22)(H,23,25). The van der Waals surface area contributed by atoms with Crippen LogP contribution in [0.3, 0.4) is 0 Å². The Balaban J connectivity index is 1.47. The number of benzene rings is 1. The van der Waals surface area contributed by atoms with Gasteiger partial charge in [-0.05, 0) is 49.1 Å². The number of amides is 1. The number of rotatable bonds is 6. The molecule has 3 rings (SSSR count). The van der Waals surface area contributed by atoms with E-state index in [1.807, 2.05) is 0 Å². The molecule has 1 aliphatic rings. The number of likely N-dealkylation sites (tertiary alicyclic amines) is 1. The second-order valence-electron chi connectivity index (χ2n) is 6.58. The second-order valence-corrected chi connectivity index (χ2v) is 6.58. The molecular weight excluding hydrogens is 312 g/mol. The summed E-state index contributed by atoms with van der Waals surface area (Å²) >= 11 is 0. The molecule has 1 fully saturated rings. The first-order valence-corrected chi connectivity index (χ1v) is 8.87. The van der Waals surface area contributed by atoms with Crippen molar-refractivity contribution < 1.29 is 4.79 Å². The molecule has 0 aliphatic carbocycles. The van der Waals surface area contributed by atoms with Gasteiger partial charge in [-0.25, -0.2) is 4.98 Å². The van der Waals surface area contributed by atoms with Crippen LogP contribution in [-0.4, -0.2) is 49.0 Å². The maximum absolute atomic E-state index is 12.2. The van der Waals surface area contributed by atoms with Crippen LogP contribution in [0.15, 0.2) is 42.6 Å². The van der Waals surface area contributed by atoms with Gasteiger partial charge in [-0.3, -0.25) is 4.79 Å². The van der Waals surface area contributed by atoms with E-state index in [1.54, 1.807) is 25.4 Å². The molecule has 5 heteroatoms. The van der Waals surface area contributed by atoms with Crippen LogP contribution in [0.25, 0.3) is 0 Å². The first-order chi connectivity index (χ1) is 12.2. The first-order valence-electron chi connectivity index (χ1n) is 8.87. The molecule has 0 bridgehead atoms. The van der Waals surface area contributed by atoms with Gasteiger partial charge in [-0.2, -0.15) is 0 Å². The number of aromatic nitrogens is 1. The lowest BCUT2D eigenvalue weighted by Crippen LogP contribution is -2.33. The summed E-state index contributed by atoms with van der Waals surface area (Å²) in [4.78, 5) is 18.8. The highest BCUT2D eigenvalue weighted by Gasteiger charge is 2.24. The molecule has 2 N–H and O–H groups in total. The quantitative estimate of drug-likeness (QED) is 0.850. The molecule has 5 nitrogen and oxygen atoms in total. The molecule has 1 atom stereocenters. The summed E-state index contributed by atoms with van der Waals surface area (Å²) in [7, 11) is 1.79. The van der Waals surface area contributed by atoms with Crippen molar-refractivity contribution in [3.63, 3.8) is 0 Å². The van der Waals surface area contributed by atoms with Crippen molar-refractivity contribution in [1.29, 1.82) is 0 Å². The van der Waals surface area contributed by atoms with Crippen molar-refractivity contribution >= 4 is 11.7 Å². The van der Waals surface area contributed by atoms with E-state index in [4.69, 9.17) is 0 Å². The highest BCUT2D eigenvalue weighted by molar-refractivity contribution is 5.94. The molecular formula is C20H26N4O. The second kappa shape index (κ2) is 8.12. The fourth-order valence-electron chi connectivity index (χ4n) is 3.47. The van der Waals surface area contributed by atoms with Crippen molar-refractivity contribution in [2.24, 2.45) is 0 Å². The van der Waals surface area contributed by atoms with Gasteiger partial charge in [0.2, 0.25) is 0 Å². The van der Waals surface area contributed by atoms with Crippen LogP contribution in [0, 0.1) is 6.92 Å². The highest BCUT2D eigenvalue weighted by atomic mass is 16.1. The average Bonchev–Trinajstić information content (AvgIpc) is 3.10. The molecule has 0 saturated carbocycles. The molecule has 1 saturated heterocycles. The van der Waals surface area contributed by atoms with Crippen LogP contribution in [0.2, 0.25) is 0 Å². The maximum atomic E-state index is 12.2. The lowest BCUT2D eigenvalue weighted by Gasteiger charge is -2.17. The minimum atomic E-state index is -0.0476. The predicted molar refractivity (Wildman–Crippen MR) is 101 cm³/mol. The maximum Gasteiger partial charge on any atom is 0.251 e. The van der Waals surface area contributed by atoms with E-state index in [0.29, 0.717) is 23.8 Å². The Morgan fingerprint density at radius 1 is 1.32 bits per heavy atom. The fourth-order valence-corrected chi connectivity index (χ4v) is 3.47. The number of carbonyl (C=O) groups excluding carboxylic acids is 1. The van der Waals surface area contributed by atoms with Gasteiger partial charge in [0.25, 0.3) is 5.91 Å². The lowest BCUT2D eigenvalue weighted by atomic mass is 9.94. The zero-order valence-electron chi connectivity index (χ0n) is 15.0. The van der Waals surface area contributed by atoms with Gasteiger partial charge in [0.1, 0.15) is 5.82 Å². The van der Waals surface area contributed by atoms with Gasteiger partial charge in [-0.15, -0.1) is 0 Å². The van der Waals surface area contributed by atoms with Gasteiger partial charge in [0.15, 0.2) is 0 Å². The summed E-state index contributed by atoms with van der Waals surface area (Å²) in [5.74, 6) is 1.26. The minimum Gasteiger partial charge on any atom is -0.373 e. The monoisotopic (exact) mass is 338 g/mol. The number of hydrogen-bond acceptors (Lipinski definition) is 4. The van der Waals surface area contributed by atoms with E-state index >= 15 is 0 Å². The van der Waals surface area contributed by atoms with Crippen molar-refractivity contribution in [1.82, 2.24) is 15.2 Å². The third-order valence-electron chi connectivity index (χ3n) is 4.89. The molecule has 1 unspecified atom stereocenters. The number of nitrogens with one attached hydrogen (secondary N) is 2. The van der Waals surface area contributed by atoms with Crippen LogP contribution >= 0.6 is 0 Å². The number of anilines is 1. The normalized spacial score (nSPS) is 17.4. The Labute approximate surface area is 149 Å². The lowest BCUT2D eigenvalue weighted by molar-refractivity contribution is 0.0949. The van der Waals surface area contributed by atoms with Crippen molar-refractivity contribution in [3.05, 3.63) is 59.3 Å². The van der Waals surface area contributed by atoms with Crippen molar-refractivity contribution in [3.8, 4) is 0 Å². The molecule has 25 heavy (non-hydrogen) atoms. The fraction of sp³-hybridized carbons (Fsp3) is 0.400. The van der Waals surface area contributed by atoms with Crippen LogP contribution < -0.4 is 10.6 Å². The topological polar surface area (TPSA) is 57.3 Å². The third kappa shape index (κ3) is 4.37. The summed E-state index contributed by atoms with van der Waals surface area (Å²) in [5.41, 5.74) is 3.48. The summed E-state index contributed by atoms with van der Waals surface area (Å²) in [6.45, 7) is 5.90. The van der Waals surface area contributed by atoms with Crippen LogP contribution in [0.1, 0.15) is 33.8 Å². The molecule has 1 amide bonds. The number of aryl methyl sites for hydroxylation is 1. The van der Waals surface area contributed by atoms with E-state index in [0.717, 1.165) is 19.6 Å². The molecule has 132 valence electrons. The molecule has 1 aromatic heterocycles. The largest absolute Gasteiger partial charge is 0.373 e. The first kappa shape index (κ1) is 17.4. The Bertz CT molecular complexity index is 731. The molecule has 0 radical (unpaired) electrons. The zero-order valence-corrected chi connectivity index (χ0v) is 15.0. The Morgan fingerprint density at radius 3 is 2.96 bits per heavy atom. The smallest absolute Gasteiger partial charge is 0.251 e. The van der Waals surface area contributed by atoms with E-state index in [1.165, 1.54) is 17.5 Å². The van der Waals surface area contributed by atoms with E-state index < -0.39 is 0 Å². The molecule has 1 aliphatic heterocycles. The van der Waals surface area contributed by atoms with Crippen LogP contribution in [0.4, 0.5) is 5.82 Å². The van der Waals surface area contributed by atoms with E-state index in [-0.39, 0.29) is 5.91 Å². The van der Waals surface area contributed by atoms with E-state index in [2.05, 4.69) is 51.7 Å². The van der Waals surface area contributed by atoms with Gasteiger partial charge >= 0.3 is 0 Å².